The van der Waals surface area contributed by atoms with Gasteiger partial charge in [-0.1, -0.05) is 43.2 Å². The number of hydrogen-bond acceptors (Lipinski definition) is 11. The number of aromatic nitrogens is 2. The summed E-state index contributed by atoms with van der Waals surface area (Å²) >= 11 is 0. The SMILES string of the molecule is CC(C)(C)OC(=O)N[C@H]1CCCCCC(F)(F)C2CC[C@](C(=O)NS(=O)(=O)C3CC3)(C2)NC(=O)[C@@H]2C[C@@H](Oc3nc4ccccc4nc3-c3cc4ccccc4o3)CN2C1=O. The maximum Gasteiger partial charge on any atom is 0.408 e. The minimum atomic E-state index is -4.13. The van der Waals surface area contributed by atoms with Crippen molar-refractivity contribution in [1.29, 1.82) is 0 Å². The maximum absolute atomic E-state index is 15.9. The number of nitrogens with zero attached hydrogens (tertiary/aromatic N) is 3. The molecule has 61 heavy (non-hydrogen) atoms. The molecule has 2 saturated carbocycles. The third-order valence-corrected chi connectivity index (χ3v) is 13.7. The molecule has 4 heterocycles. The van der Waals surface area contributed by atoms with Crippen molar-refractivity contribution in [2.75, 3.05) is 6.54 Å². The van der Waals surface area contributed by atoms with Crippen LogP contribution in [0, 0.1) is 5.92 Å². The molecule has 4 aliphatic rings. The van der Waals surface area contributed by atoms with Crippen LogP contribution in [0.3, 0.4) is 0 Å². The molecule has 1 unspecified atom stereocenters. The zero-order valence-corrected chi connectivity index (χ0v) is 35.1. The standard InChI is InChI=1S/C43H50F2N6O9S/c1-41(2,3)60-40(55)48-31-14-5-4-10-19-43(44,45)26-18-20-42(23-26,39(54)50-61(56,57)28-16-17-28)49-36(52)32-22-27(24-51(32)38(31)53)58-37-35(46-29-12-7-8-13-30(29)47-37)34-21-25-11-6-9-15-33(25)59-34/h6-9,11-13,15,21,26-28,31-32H,4-5,10,14,16-20,22-24H2,1-3H3,(H,48,55)(H,49,52)(H,50,54)/t26?,27-,31+,32+,42-/m1/s1. The van der Waals surface area contributed by atoms with E-state index in [1.165, 1.54) is 4.90 Å². The van der Waals surface area contributed by atoms with E-state index in [1.807, 2.05) is 30.3 Å². The predicted octanol–water partition coefficient (Wildman–Crippen LogP) is 6.15. The van der Waals surface area contributed by atoms with Crippen LogP contribution in [0.5, 0.6) is 5.88 Å². The first-order chi connectivity index (χ1) is 28.9. The summed E-state index contributed by atoms with van der Waals surface area (Å²) in [4.78, 5) is 67.4. The highest BCUT2D eigenvalue weighted by atomic mass is 32.2. The number of para-hydroxylation sites is 3. The minimum Gasteiger partial charge on any atom is -0.471 e. The molecular formula is C43H50F2N6O9S. The Morgan fingerprint density at radius 2 is 1.67 bits per heavy atom. The van der Waals surface area contributed by atoms with Gasteiger partial charge in [0, 0.05) is 24.1 Å². The van der Waals surface area contributed by atoms with Gasteiger partial charge in [0.1, 0.15) is 34.9 Å². The van der Waals surface area contributed by atoms with Gasteiger partial charge in [-0.05, 0) is 90.0 Å². The van der Waals surface area contributed by atoms with Crippen molar-refractivity contribution in [1.82, 2.24) is 30.2 Å². The largest absolute Gasteiger partial charge is 0.471 e. The first-order valence-electron chi connectivity index (χ1n) is 20.9. The summed E-state index contributed by atoms with van der Waals surface area (Å²) in [6.07, 6.45) is -1.93. The fourth-order valence-corrected chi connectivity index (χ4v) is 10.0. The number of ether oxygens (including phenoxy) is 2. The molecule has 2 aromatic carbocycles. The second-order valence-electron chi connectivity index (χ2n) is 17.7. The lowest BCUT2D eigenvalue weighted by Crippen LogP contribution is -2.62. The van der Waals surface area contributed by atoms with Crippen LogP contribution in [0.15, 0.2) is 59.0 Å². The van der Waals surface area contributed by atoms with E-state index in [0.29, 0.717) is 41.6 Å². The van der Waals surface area contributed by atoms with Crippen molar-refractivity contribution in [3.63, 3.8) is 0 Å². The predicted molar refractivity (Wildman–Crippen MR) is 219 cm³/mol. The third-order valence-electron chi connectivity index (χ3n) is 11.9. The van der Waals surface area contributed by atoms with Gasteiger partial charge in [0.05, 0.1) is 22.8 Å². The van der Waals surface area contributed by atoms with Gasteiger partial charge in [0.25, 0.3) is 11.8 Å². The number of furan rings is 1. The number of sulfonamides is 1. The molecule has 0 radical (unpaired) electrons. The van der Waals surface area contributed by atoms with Gasteiger partial charge in [-0.3, -0.25) is 19.1 Å². The van der Waals surface area contributed by atoms with Crippen LogP contribution in [0.25, 0.3) is 33.5 Å². The molecule has 2 aromatic heterocycles. The summed E-state index contributed by atoms with van der Waals surface area (Å²) in [5.74, 6) is -6.75. The highest BCUT2D eigenvalue weighted by Crippen LogP contribution is 2.46. The topological polar surface area (TPSA) is 199 Å². The minimum absolute atomic E-state index is 0.0567. The summed E-state index contributed by atoms with van der Waals surface area (Å²) in [5, 5.41) is 5.36. The smallest absolute Gasteiger partial charge is 0.408 e. The van der Waals surface area contributed by atoms with E-state index < -0.39 is 93.1 Å². The lowest BCUT2D eigenvalue weighted by atomic mass is 9.90. The highest BCUT2D eigenvalue weighted by Gasteiger charge is 2.56. The van der Waals surface area contributed by atoms with E-state index in [-0.39, 0.29) is 56.6 Å². The monoisotopic (exact) mass is 864 g/mol. The van der Waals surface area contributed by atoms with Gasteiger partial charge < -0.3 is 29.4 Å². The quantitative estimate of drug-likeness (QED) is 0.193. The number of benzene rings is 2. The molecule has 326 valence electrons. The van der Waals surface area contributed by atoms with Crippen LogP contribution in [0.4, 0.5) is 13.6 Å². The summed E-state index contributed by atoms with van der Waals surface area (Å²) < 4.78 is 78.1. The van der Waals surface area contributed by atoms with Crippen molar-refractivity contribution in [3.05, 3.63) is 54.6 Å². The average molecular weight is 865 g/mol. The molecule has 4 aromatic rings. The Morgan fingerprint density at radius 1 is 0.951 bits per heavy atom. The molecule has 18 heteroatoms. The molecular weight excluding hydrogens is 815 g/mol. The van der Waals surface area contributed by atoms with Crippen LogP contribution < -0.4 is 20.1 Å². The zero-order chi connectivity index (χ0) is 43.3. The van der Waals surface area contributed by atoms with E-state index >= 15 is 8.78 Å². The molecule has 8 rings (SSSR count). The lowest BCUT2D eigenvalue weighted by Gasteiger charge is -2.34. The Hall–Kier alpha value is -5.39. The van der Waals surface area contributed by atoms with E-state index in [1.54, 1.807) is 45.0 Å². The number of carbonyl (C=O) groups excluding carboxylic acids is 4. The number of rotatable bonds is 7. The normalized spacial score (nSPS) is 26.2. The van der Waals surface area contributed by atoms with Crippen molar-refractivity contribution in [3.8, 4) is 17.3 Å². The Labute approximate surface area is 351 Å². The molecule has 2 bridgehead atoms. The van der Waals surface area contributed by atoms with Gasteiger partial charge in [-0.2, -0.15) is 0 Å². The summed E-state index contributed by atoms with van der Waals surface area (Å²) in [5.41, 5.74) is -0.999. The number of amides is 4. The van der Waals surface area contributed by atoms with E-state index in [2.05, 4.69) is 15.4 Å². The fraction of sp³-hybridized carbons (Fsp3) is 0.535. The first kappa shape index (κ1) is 42.3. The molecule has 2 aliphatic heterocycles. The van der Waals surface area contributed by atoms with E-state index in [9.17, 15) is 27.6 Å². The third kappa shape index (κ3) is 9.14. The van der Waals surface area contributed by atoms with Gasteiger partial charge in [0.2, 0.25) is 27.7 Å². The Morgan fingerprint density at radius 3 is 2.39 bits per heavy atom. The Bertz CT molecular complexity index is 2440. The average Bonchev–Trinajstić information content (AvgIpc) is 3.63. The molecule has 15 nitrogen and oxygen atoms in total. The molecule has 3 N–H and O–H groups in total. The summed E-state index contributed by atoms with van der Waals surface area (Å²) in [6.45, 7) is 4.81. The van der Waals surface area contributed by atoms with Crippen LogP contribution in [-0.4, -0.2) is 94.1 Å². The number of alkyl carbamates (subject to hydrolysis) is 1. The first-order valence-corrected chi connectivity index (χ1v) is 22.4. The Kier molecular flexibility index (Phi) is 11.2. The highest BCUT2D eigenvalue weighted by molar-refractivity contribution is 7.91. The number of carbonyl (C=O) groups is 4. The Balaban J connectivity index is 1.16. The molecule has 0 spiro atoms. The molecule has 4 fully saturated rings. The number of fused-ring (bicyclic) bond motifs is 5. The van der Waals surface area contributed by atoms with Gasteiger partial charge in [-0.25, -0.2) is 32.0 Å². The van der Waals surface area contributed by atoms with Crippen molar-refractivity contribution < 1.29 is 50.3 Å². The van der Waals surface area contributed by atoms with Crippen LogP contribution in [-0.2, 0) is 29.1 Å². The maximum atomic E-state index is 15.9. The second-order valence-corrected chi connectivity index (χ2v) is 19.7. The van der Waals surface area contributed by atoms with Crippen LogP contribution >= 0.6 is 0 Å². The second kappa shape index (κ2) is 16.1. The molecule has 4 amide bonds. The number of nitrogens with one attached hydrogen (secondary N) is 3. The number of halogens is 2. The molecule has 2 saturated heterocycles. The van der Waals surface area contributed by atoms with E-state index in [4.69, 9.17) is 23.9 Å². The zero-order valence-electron chi connectivity index (χ0n) is 34.2. The molecule has 2 aliphatic carbocycles. The van der Waals surface area contributed by atoms with Crippen molar-refractivity contribution in [2.24, 2.45) is 5.92 Å². The van der Waals surface area contributed by atoms with Crippen LogP contribution in [0.2, 0.25) is 0 Å². The van der Waals surface area contributed by atoms with Crippen molar-refractivity contribution in [2.45, 2.75) is 132 Å². The number of hydrogen-bond donors (Lipinski definition) is 3. The van der Waals surface area contributed by atoms with Gasteiger partial charge >= 0.3 is 6.09 Å². The van der Waals surface area contributed by atoms with Gasteiger partial charge in [0.15, 0.2) is 11.5 Å². The number of alkyl halides is 2. The van der Waals surface area contributed by atoms with E-state index in [0.717, 1.165) is 5.39 Å². The fourth-order valence-electron chi connectivity index (χ4n) is 8.65. The van der Waals surface area contributed by atoms with Gasteiger partial charge in [-0.15, -0.1) is 0 Å². The summed E-state index contributed by atoms with van der Waals surface area (Å²) in [6, 6.07) is 13.8. The molecule has 5 atom stereocenters. The van der Waals surface area contributed by atoms with Crippen molar-refractivity contribution >= 4 is 55.8 Å². The lowest BCUT2D eigenvalue weighted by molar-refractivity contribution is -0.142. The van der Waals surface area contributed by atoms with Crippen LogP contribution in [0.1, 0.15) is 91.4 Å². The summed E-state index contributed by atoms with van der Waals surface area (Å²) in [7, 11) is -4.13.